The zero-order valence-electron chi connectivity index (χ0n) is 10.8. The summed E-state index contributed by atoms with van der Waals surface area (Å²) in [5, 5.41) is 11.6. The molecule has 0 bridgehead atoms. The average Bonchev–Trinajstić information content (AvgIpc) is 2.73. The highest BCUT2D eigenvalue weighted by Gasteiger charge is 2.29. The van der Waals surface area contributed by atoms with Crippen molar-refractivity contribution in [2.75, 3.05) is 13.1 Å². The summed E-state index contributed by atoms with van der Waals surface area (Å²) in [7, 11) is 0. The maximum atomic E-state index is 11.9. The molecular weight excluding hydrogens is 220 g/mol. The first kappa shape index (κ1) is 13.8. The van der Waals surface area contributed by atoms with Gasteiger partial charge in [-0.3, -0.25) is 0 Å². The minimum Gasteiger partial charge on any atom is -0.480 e. The van der Waals surface area contributed by atoms with Gasteiger partial charge in [-0.2, -0.15) is 0 Å². The van der Waals surface area contributed by atoms with Gasteiger partial charge in [-0.15, -0.1) is 0 Å². The van der Waals surface area contributed by atoms with Crippen molar-refractivity contribution in [1.82, 2.24) is 10.2 Å². The Morgan fingerprint density at radius 2 is 2.12 bits per heavy atom. The molecule has 1 unspecified atom stereocenters. The number of likely N-dealkylation sites (tertiary alicyclic amines) is 1. The van der Waals surface area contributed by atoms with E-state index >= 15 is 0 Å². The fourth-order valence-electron chi connectivity index (χ4n) is 2.09. The molecule has 1 rings (SSSR count). The fraction of sp³-hybridized carbons (Fsp3) is 0.833. The monoisotopic (exact) mass is 242 g/mol. The van der Waals surface area contributed by atoms with E-state index in [9.17, 15) is 9.59 Å². The van der Waals surface area contributed by atoms with E-state index in [4.69, 9.17) is 5.11 Å². The molecule has 2 amide bonds. The van der Waals surface area contributed by atoms with Gasteiger partial charge in [-0.1, -0.05) is 27.2 Å². The summed E-state index contributed by atoms with van der Waals surface area (Å²) in [6.07, 6.45) is 2.08. The molecule has 0 saturated carbocycles. The fourth-order valence-corrected chi connectivity index (χ4v) is 2.09. The summed E-state index contributed by atoms with van der Waals surface area (Å²) < 4.78 is 0. The second-order valence-corrected chi connectivity index (χ2v) is 5.02. The molecule has 0 aromatic rings. The van der Waals surface area contributed by atoms with Crippen LogP contribution in [0, 0.1) is 11.8 Å². The molecule has 2 atom stereocenters. The standard InChI is InChI=1S/C12H22N2O3/c1-4-9-5-6-14(7-9)12(17)13-10(8(2)3)11(15)16/h8-10H,4-7H2,1-3H3,(H,13,17)(H,15,16)/t9?,10-/m0/s1. The van der Waals surface area contributed by atoms with Gasteiger partial charge in [-0.05, 0) is 18.3 Å². The van der Waals surface area contributed by atoms with Crippen molar-refractivity contribution in [3.8, 4) is 0 Å². The minimum atomic E-state index is -0.973. The third-order valence-corrected chi connectivity index (χ3v) is 3.36. The molecule has 0 aromatic heterocycles. The van der Waals surface area contributed by atoms with Crippen LogP contribution in [0.5, 0.6) is 0 Å². The van der Waals surface area contributed by atoms with Crippen LogP contribution in [0.2, 0.25) is 0 Å². The van der Waals surface area contributed by atoms with Gasteiger partial charge in [0.15, 0.2) is 0 Å². The summed E-state index contributed by atoms with van der Waals surface area (Å²) in [4.78, 5) is 24.6. The number of carboxylic acids is 1. The van der Waals surface area contributed by atoms with Crippen LogP contribution in [0.1, 0.15) is 33.6 Å². The number of carbonyl (C=O) groups excluding carboxylic acids is 1. The number of carboxylic acid groups (broad SMARTS) is 1. The van der Waals surface area contributed by atoms with Crippen molar-refractivity contribution in [3.05, 3.63) is 0 Å². The number of carbonyl (C=O) groups is 2. The van der Waals surface area contributed by atoms with E-state index in [1.54, 1.807) is 18.7 Å². The second-order valence-electron chi connectivity index (χ2n) is 5.02. The average molecular weight is 242 g/mol. The number of hydrogen-bond donors (Lipinski definition) is 2. The van der Waals surface area contributed by atoms with Crippen LogP contribution in [0.25, 0.3) is 0 Å². The van der Waals surface area contributed by atoms with Crippen molar-refractivity contribution >= 4 is 12.0 Å². The normalized spacial score (nSPS) is 21.6. The van der Waals surface area contributed by atoms with Gasteiger partial charge in [0.25, 0.3) is 0 Å². The Morgan fingerprint density at radius 1 is 1.47 bits per heavy atom. The van der Waals surface area contributed by atoms with E-state index in [1.165, 1.54) is 0 Å². The molecule has 5 nitrogen and oxygen atoms in total. The van der Waals surface area contributed by atoms with Crippen molar-refractivity contribution < 1.29 is 14.7 Å². The van der Waals surface area contributed by atoms with Crippen LogP contribution in [0.15, 0.2) is 0 Å². The quantitative estimate of drug-likeness (QED) is 0.785. The first-order chi connectivity index (χ1) is 7.95. The Kier molecular flexibility index (Phi) is 4.78. The number of nitrogens with zero attached hydrogens (tertiary/aromatic N) is 1. The second kappa shape index (κ2) is 5.89. The molecule has 2 N–H and O–H groups in total. The number of urea groups is 1. The first-order valence-corrected chi connectivity index (χ1v) is 6.24. The van der Waals surface area contributed by atoms with Crippen molar-refractivity contribution in [2.24, 2.45) is 11.8 Å². The van der Waals surface area contributed by atoms with Crippen LogP contribution in [-0.4, -0.2) is 41.1 Å². The lowest BCUT2D eigenvalue weighted by Crippen LogP contribution is -2.49. The van der Waals surface area contributed by atoms with Gasteiger partial charge >= 0.3 is 12.0 Å². The molecule has 0 aliphatic carbocycles. The highest BCUT2D eigenvalue weighted by molar-refractivity contribution is 5.82. The number of amides is 2. The van der Waals surface area contributed by atoms with Gasteiger partial charge in [0, 0.05) is 13.1 Å². The molecular formula is C12H22N2O3. The maximum absolute atomic E-state index is 11.9. The van der Waals surface area contributed by atoms with Crippen molar-refractivity contribution in [3.63, 3.8) is 0 Å². The van der Waals surface area contributed by atoms with Crippen molar-refractivity contribution in [2.45, 2.75) is 39.7 Å². The molecule has 1 saturated heterocycles. The summed E-state index contributed by atoms with van der Waals surface area (Å²) in [5.41, 5.74) is 0. The van der Waals surface area contributed by atoms with E-state index in [1.807, 2.05) is 0 Å². The Hall–Kier alpha value is -1.26. The van der Waals surface area contributed by atoms with Gasteiger partial charge in [0.2, 0.25) is 0 Å². The molecule has 1 aliphatic rings. The van der Waals surface area contributed by atoms with Crippen LogP contribution in [-0.2, 0) is 4.79 Å². The lowest BCUT2D eigenvalue weighted by Gasteiger charge is -2.23. The number of aliphatic carboxylic acids is 1. The summed E-state index contributed by atoms with van der Waals surface area (Å²) in [5.74, 6) is -0.524. The molecule has 1 fully saturated rings. The third-order valence-electron chi connectivity index (χ3n) is 3.36. The minimum absolute atomic E-state index is 0.110. The SMILES string of the molecule is CCC1CCN(C(=O)N[C@H](C(=O)O)C(C)C)C1. The highest BCUT2D eigenvalue weighted by atomic mass is 16.4. The largest absolute Gasteiger partial charge is 0.480 e. The van der Waals surface area contributed by atoms with Crippen molar-refractivity contribution in [1.29, 1.82) is 0 Å². The van der Waals surface area contributed by atoms with E-state index < -0.39 is 12.0 Å². The smallest absolute Gasteiger partial charge is 0.326 e. The van der Waals surface area contributed by atoms with Crippen LogP contribution >= 0.6 is 0 Å². The van der Waals surface area contributed by atoms with Crippen LogP contribution in [0.3, 0.4) is 0 Å². The molecule has 1 heterocycles. The summed E-state index contributed by atoms with van der Waals surface area (Å²) in [6.45, 7) is 7.16. The third kappa shape index (κ3) is 3.61. The predicted molar refractivity (Wildman–Crippen MR) is 64.8 cm³/mol. The zero-order valence-corrected chi connectivity index (χ0v) is 10.8. The zero-order chi connectivity index (χ0) is 13.0. The molecule has 0 spiro atoms. The molecule has 1 aliphatic heterocycles. The van der Waals surface area contributed by atoms with Gasteiger partial charge < -0.3 is 15.3 Å². The first-order valence-electron chi connectivity index (χ1n) is 6.24. The van der Waals surface area contributed by atoms with E-state index in [-0.39, 0.29) is 11.9 Å². The van der Waals surface area contributed by atoms with Crippen LogP contribution in [0.4, 0.5) is 4.79 Å². The van der Waals surface area contributed by atoms with E-state index in [2.05, 4.69) is 12.2 Å². The number of nitrogens with one attached hydrogen (secondary N) is 1. The van der Waals surface area contributed by atoms with E-state index in [0.29, 0.717) is 5.92 Å². The topological polar surface area (TPSA) is 69.6 Å². The molecule has 0 radical (unpaired) electrons. The van der Waals surface area contributed by atoms with Gasteiger partial charge in [0.05, 0.1) is 0 Å². The Balaban J connectivity index is 2.51. The Labute approximate surface area is 102 Å². The molecule has 5 heteroatoms. The molecule has 17 heavy (non-hydrogen) atoms. The molecule has 98 valence electrons. The number of rotatable bonds is 4. The van der Waals surface area contributed by atoms with E-state index in [0.717, 1.165) is 25.9 Å². The number of hydrogen-bond acceptors (Lipinski definition) is 2. The predicted octanol–water partition coefficient (Wildman–Crippen LogP) is 1.54. The van der Waals surface area contributed by atoms with Gasteiger partial charge in [-0.25, -0.2) is 9.59 Å². The van der Waals surface area contributed by atoms with Gasteiger partial charge in [0.1, 0.15) is 6.04 Å². The summed E-state index contributed by atoms with van der Waals surface area (Å²) in [6, 6.07) is -1.05. The summed E-state index contributed by atoms with van der Waals surface area (Å²) >= 11 is 0. The lowest BCUT2D eigenvalue weighted by atomic mass is 10.1. The Bertz CT molecular complexity index is 291. The highest BCUT2D eigenvalue weighted by Crippen LogP contribution is 2.19. The lowest BCUT2D eigenvalue weighted by molar-refractivity contribution is -0.140. The molecule has 0 aromatic carbocycles. The maximum Gasteiger partial charge on any atom is 0.326 e. The Morgan fingerprint density at radius 3 is 2.53 bits per heavy atom. The van der Waals surface area contributed by atoms with Crippen LogP contribution < -0.4 is 5.32 Å².